The van der Waals surface area contributed by atoms with Crippen LogP contribution in [0.15, 0.2) is 24.3 Å². The zero-order valence-corrected chi connectivity index (χ0v) is 12.5. The molecule has 0 amide bonds. The molecule has 0 spiro atoms. The van der Waals surface area contributed by atoms with Crippen LogP contribution in [0.4, 0.5) is 0 Å². The Hall–Kier alpha value is -1.19. The molecule has 110 valence electrons. The quantitative estimate of drug-likeness (QED) is 0.778. The molecule has 1 aromatic carbocycles. The number of rotatable bonds is 7. The van der Waals surface area contributed by atoms with Crippen LogP contribution >= 0.6 is 0 Å². The Morgan fingerprint density at radius 3 is 2.40 bits per heavy atom. The highest BCUT2D eigenvalue weighted by atomic mass is 16.3. The van der Waals surface area contributed by atoms with Gasteiger partial charge in [-0.2, -0.15) is 0 Å². The van der Waals surface area contributed by atoms with Gasteiger partial charge in [0, 0.05) is 18.2 Å². The molecule has 0 bridgehead atoms. The molecule has 3 nitrogen and oxygen atoms in total. The van der Waals surface area contributed by atoms with Gasteiger partial charge in [0.15, 0.2) is 5.78 Å². The van der Waals surface area contributed by atoms with Crippen molar-refractivity contribution in [3.63, 3.8) is 0 Å². The summed E-state index contributed by atoms with van der Waals surface area (Å²) in [4.78, 5) is 14.5. The number of nitrogens with zero attached hydrogens (tertiary/aromatic N) is 1. The first kappa shape index (κ1) is 15.2. The van der Waals surface area contributed by atoms with Crippen molar-refractivity contribution in [2.24, 2.45) is 0 Å². The molecule has 1 aliphatic carbocycles. The third kappa shape index (κ3) is 3.68. The first-order valence-electron chi connectivity index (χ1n) is 7.60. The van der Waals surface area contributed by atoms with E-state index >= 15 is 0 Å². The summed E-state index contributed by atoms with van der Waals surface area (Å²) in [6.07, 6.45) is 3.54. The minimum absolute atomic E-state index is 0.121. The summed E-state index contributed by atoms with van der Waals surface area (Å²) < 4.78 is 0. The topological polar surface area (TPSA) is 40.5 Å². The number of ketones is 1. The Labute approximate surface area is 121 Å². The van der Waals surface area contributed by atoms with Crippen molar-refractivity contribution in [2.45, 2.75) is 45.1 Å². The zero-order valence-electron chi connectivity index (χ0n) is 12.5. The molecule has 1 N–H and O–H groups in total. The maximum absolute atomic E-state index is 12.3. The van der Waals surface area contributed by atoms with Gasteiger partial charge in [-0.05, 0) is 24.3 Å². The van der Waals surface area contributed by atoms with Gasteiger partial charge in [-0.3, -0.25) is 9.69 Å². The van der Waals surface area contributed by atoms with Crippen molar-refractivity contribution in [1.82, 2.24) is 4.90 Å². The highest BCUT2D eigenvalue weighted by molar-refractivity contribution is 5.97. The number of benzene rings is 1. The number of carbonyl (C=O) groups is 1. The van der Waals surface area contributed by atoms with Gasteiger partial charge in [-0.25, -0.2) is 0 Å². The van der Waals surface area contributed by atoms with E-state index in [1.165, 1.54) is 12.0 Å². The molecule has 1 fully saturated rings. The van der Waals surface area contributed by atoms with E-state index in [-0.39, 0.29) is 12.4 Å². The average Bonchev–Trinajstić information content (AvgIpc) is 2.37. The molecule has 3 heteroatoms. The number of aliphatic hydroxyl groups excluding tert-OH is 1. The van der Waals surface area contributed by atoms with Gasteiger partial charge in [0.1, 0.15) is 0 Å². The van der Waals surface area contributed by atoms with Gasteiger partial charge in [0.05, 0.1) is 13.2 Å². The Bertz CT molecular complexity index is 435. The zero-order chi connectivity index (χ0) is 14.5. The molecule has 0 aromatic heterocycles. The Morgan fingerprint density at radius 1 is 1.30 bits per heavy atom. The lowest BCUT2D eigenvalue weighted by Gasteiger charge is -2.36. The summed E-state index contributed by atoms with van der Waals surface area (Å²) in [5, 5.41) is 9.13. The lowest BCUT2D eigenvalue weighted by Crippen LogP contribution is -2.44. The summed E-state index contributed by atoms with van der Waals surface area (Å²) >= 11 is 0. The van der Waals surface area contributed by atoms with Crippen LogP contribution in [0.2, 0.25) is 0 Å². The van der Waals surface area contributed by atoms with Crippen LogP contribution < -0.4 is 0 Å². The number of aliphatic hydroxyl groups is 1. The van der Waals surface area contributed by atoms with E-state index in [9.17, 15) is 4.79 Å². The fourth-order valence-electron chi connectivity index (χ4n) is 2.60. The highest BCUT2D eigenvalue weighted by Crippen LogP contribution is 2.24. The van der Waals surface area contributed by atoms with Crippen LogP contribution in [0.1, 0.15) is 54.9 Å². The van der Waals surface area contributed by atoms with E-state index in [0.717, 1.165) is 18.4 Å². The number of Topliss-reactive ketones (excluding diaryl/α,β-unsaturated/α-hetero) is 1. The number of hydrogen-bond acceptors (Lipinski definition) is 3. The fourth-order valence-corrected chi connectivity index (χ4v) is 2.60. The maximum Gasteiger partial charge on any atom is 0.176 e. The Morgan fingerprint density at radius 2 is 1.95 bits per heavy atom. The lowest BCUT2D eigenvalue weighted by atomic mass is 9.91. The van der Waals surface area contributed by atoms with Crippen molar-refractivity contribution in [2.75, 3.05) is 19.7 Å². The first-order valence-corrected chi connectivity index (χ1v) is 7.60. The average molecular weight is 275 g/mol. The minimum atomic E-state index is 0.121. The predicted molar refractivity (Wildman–Crippen MR) is 81.2 cm³/mol. The second-order valence-electron chi connectivity index (χ2n) is 5.98. The van der Waals surface area contributed by atoms with E-state index in [4.69, 9.17) is 5.11 Å². The third-order valence-corrected chi connectivity index (χ3v) is 4.22. The predicted octanol–water partition coefficient (Wildman–Crippen LogP) is 2.84. The molecule has 0 saturated heterocycles. The summed E-state index contributed by atoms with van der Waals surface area (Å²) in [6.45, 7) is 5.44. The third-order valence-electron chi connectivity index (χ3n) is 4.22. The Kier molecular flexibility index (Phi) is 5.32. The van der Waals surface area contributed by atoms with Crippen molar-refractivity contribution in [1.29, 1.82) is 0 Å². The van der Waals surface area contributed by atoms with Crippen LogP contribution in [0.3, 0.4) is 0 Å². The van der Waals surface area contributed by atoms with Crippen molar-refractivity contribution in [3.8, 4) is 0 Å². The first-order chi connectivity index (χ1) is 9.61. The summed E-state index contributed by atoms with van der Waals surface area (Å²) in [5.41, 5.74) is 2.03. The van der Waals surface area contributed by atoms with Gasteiger partial charge in [-0.15, -0.1) is 0 Å². The van der Waals surface area contributed by atoms with Crippen LogP contribution in [0, 0.1) is 0 Å². The van der Waals surface area contributed by atoms with E-state index in [1.54, 1.807) is 0 Å². The van der Waals surface area contributed by atoms with Crippen LogP contribution in [-0.2, 0) is 0 Å². The summed E-state index contributed by atoms with van der Waals surface area (Å²) in [7, 11) is 0. The van der Waals surface area contributed by atoms with Gasteiger partial charge in [-0.1, -0.05) is 44.5 Å². The number of hydrogen-bond donors (Lipinski definition) is 1. The monoisotopic (exact) mass is 275 g/mol. The molecular weight excluding hydrogens is 250 g/mol. The van der Waals surface area contributed by atoms with Crippen molar-refractivity contribution >= 4 is 5.78 Å². The maximum atomic E-state index is 12.3. The second-order valence-corrected chi connectivity index (χ2v) is 5.98. The highest BCUT2D eigenvalue weighted by Gasteiger charge is 2.26. The van der Waals surface area contributed by atoms with E-state index < -0.39 is 0 Å². The van der Waals surface area contributed by atoms with E-state index in [0.29, 0.717) is 25.0 Å². The lowest BCUT2D eigenvalue weighted by molar-refractivity contribution is 0.0747. The van der Waals surface area contributed by atoms with Gasteiger partial charge in [0.2, 0.25) is 0 Å². The van der Waals surface area contributed by atoms with Gasteiger partial charge >= 0.3 is 0 Å². The van der Waals surface area contributed by atoms with Gasteiger partial charge in [0.25, 0.3) is 0 Å². The standard InChI is InChI=1S/C17H25NO2/c1-13(2)14-6-8-15(9-7-14)17(20)12-18(10-11-19)16-4-3-5-16/h6-9,13,16,19H,3-5,10-12H2,1-2H3. The summed E-state index contributed by atoms with van der Waals surface area (Å²) in [6, 6.07) is 8.42. The molecular formula is C17H25NO2. The summed E-state index contributed by atoms with van der Waals surface area (Å²) in [5.74, 6) is 0.640. The van der Waals surface area contributed by atoms with E-state index in [1.807, 2.05) is 24.3 Å². The molecule has 0 heterocycles. The van der Waals surface area contributed by atoms with Crippen molar-refractivity contribution in [3.05, 3.63) is 35.4 Å². The second kappa shape index (κ2) is 7.00. The molecule has 0 aliphatic heterocycles. The SMILES string of the molecule is CC(C)c1ccc(C(=O)CN(CCO)C2CCC2)cc1. The molecule has 0 atom stereocenters. The fraction of sp³-hybridized carbons (Fsp3) is 0.588. The van der Waals surface area contributed by atoms with Gasteiger partial charge < -0.3 is 5.11 Å². The molecule has 1 aromatic rings. The Balaban J connectivity index is 1.98. The van der Waals surface area contributed by atoms with Crippen molar-refractivity contribution < 1.29 is 9.90 Å². The minimum Gasteiger partial charge on any atom is -0.395 e. The normalized spacial score (nSPS) is 15.7. The number of carbonyl (C=O) groups excluding carboxylic acids is 1. The molecule has 0 radical (unpaired) electrons. The van der Waals surface area contributed by atoms with Crippen LogP contribution in [0.5, 0.6) is 0 Å². The van der Waals surface area contributed by atoms with Crippen LogP contribution in [-0.4, -0.2) is 41.5 Å². The largest absolute Gasteiger partial charge is 0.395 e. The molecule has 2 rings (SSSR count). The molecule has 0 unspecified atom stereocenters. The molecule has 1 aliphatic rings. The van der Waals surface area contributed by atoms with E-state index in [2.05, 4.69) is 18.7 Å². The smallest absolute Gasteiger partial charge is 0.176 e. The van der Waals surface area contributed by atoms with Crippen LogP contribution in [0.25, 0.3) is 0 Å². The molecule has 1 saturated carbocycles. The molecule has 20 heavy (non-hydrogen) atoms.